The van der Waals surface area contributed by atoms with Crippen LogP contribution in [0.4, 0.5) is 0 Å². The van der Waals surface area contributed by atoms with Crippen molar-refractivity contribution in [1.82, 2.24) is 14.9 Å². The highest BCUT2D eigenvalue weighted by Gasteiger charge is 2.22. The number of fused-ring (bicyclic) bond motifs is 1. The molecule has 0 unspecified atom stereocenters. The van der Waals surface area contributed by atoms with Gasteiger partial charge in [-0.2, -0.15) is 9.78 Å². The van der Waals surface area contributed by atoms with Gasteiger partial charge in [0.1, 0.15) is 0 Å². The Bertz CT molecular complexity index is 1020. The van der Waals surface area contributed by atoms with Gasteiger partial charge in [0.15, 0.2) is 17.3 Å². The molecule has 0 fully saturated rings. The topological polar surface area (TPSA) is 83.5 Å². The lowest BCUT2D eigenvalue weighted by molar-refractivity contribution is 0.403. The fourth-order valence-electron chi connectivity index (χ4n) is 2.42. The molecule has 25 heavy (non-hydrogen) atoms. The number of phenolic OH excluding ortho intramolecular Hbond substituents is 2. The second-order valence-electron chi connectivity index (χ2n) is 5.26. The average molecular weight is 393 g/mol. The van der Waals surface area contributed by atoms with Crippen molar-refractivity contribution in [3.8, 4) is 22.9 Å². The van der Waals surface area contributed by atoms with Crippen LogP contribution in [0.1, 0.15) is 5.56 Å². The Morgan fingerprint density at radius 3 is 2.68 bits per heavy atom. The molecule has 2 heterocycles. The average Bonchev–Trinajstić information content (AvgIpc) is 3.03. The molecule has 1 aliphatic rings. The zero-order valence-electron chi connectivity index (χ0n) is 12.5. The summed E-state index contributed by atoms with van der Waals surface area (Å²) in [4.78, 5) is 0. The number of halogens is 2. The van der Waals surface area contributed by atoms with E-state index in [0.717, 1.165) is 0 Å². The number of rotatable bonds is 2. The number of nitrogens with zero attached hydrogens (tertiary/aromatic N) is 4. The minimum absolute atomic E-state index is 0.177. The standard InChI is InChI=1S/C16H10Cl2N4O2S/c17-10-3-1-2-9(14(10)18)15-19-20-16-22(15)21-11(7-25-16)8-4-5-12(23)13(24)6-8/h1-6,23-24H,7H2. The summed E-state index contributed by atoms with van der Waals surface area (Å²) in [5.74, 6) is 0.670. The third-order valence-corrected chi connectivity index (χ3v) is 5.42. The van der Waals surface area contributed by atoms with Crippen LogP contribution in [0, 0.1) is 0 Å². The quantitative estimate of drug-likeness (QED) is 0.643. The highest BCUT2D eigenvalue weighted by Crippen LogP contribution is 2.35. The maximum atomic E-state index is 9.71. The number of thioether (sulfide) groups is 1. The zero-order chi connectivity index (χ0) is 17.6. The molecule has 0 amide bonds. The van der Waals surface area contributed by atoms with E-state index < -0.39 is 0 Å². The molecule has 2 N–H and O–H groups in total. The van der Waals surface area contributed by atoms with Gasteiger partial charge in [0, 0.05) is 16.9 Å². The molecule has 2 aromatic carbocycles. The number of benzene rings is 2. The van der Waals surface area contributed by atoms with Gasteiger partial charge in [0.05, 0.1) is 15.8 Å². The number of aromatic nitrogens is 3. The second-order valence-corrected chi connectivity index (χ2v) is 6.99. The summed E-state index contributed by atoms with van der Waals surface area (Å²) in [6.45, 7) is 0. The van der Waals surface area contributed by atoms with E-state index in [2.05, 4.69) is 15.3 Å². The van der Waals surface area contributed by atoms with Crippen LogP contribution in [0.3, 0.4) is 0 Å². The van der Waals surface area contributed by atoms with Gasteiger partial charge in [-0.15, -0.1) is 10.2 Å². The molecule has 0 radical (unpaired) electrons. The smallest absolute Gasteiger partial charge is 0.212 e. The van der Waals surface area contributed by atoms with E-state index in [-0.39, 0.29) is 11.5 Å². The van der Waals surface area contributed by atoms with Gasteiger partial charge in [-0.1, -0.05) is 41.0 Å². The Morgan fingerprint density at radius 2 is 1.88 bits per heavy atom. The number of hydrogen-bond acceptors (Lipinski definition) is 6. The molecule has 0 aliphatic carbocycles. The summed E-state index contributed by atoms with van der Waals surface area (Å²) in [5, 5.41) is 33.5. The first-order valence-electron chi connectivity index (χ1n) is 7.17. The molecule has 126 valence electrons. The van der Waals surface area contributed by atoms with Crippen molar-refractivity contribution in [2.24, 2.45) is 5.10 Å². The summed E-state index contributed by atoms with van der Waals surface area (Å²) >= 11 is 13.8. The first kappa shape index (κ1) is 16.3. The molecule has 1 aliphatic heterocycles. The minimum atomic E-state index is -0.196. The van der Waals surface area contributed by atoms with Crippen molar-refractivity contribution < 1.29 is 10.2 Å². The maximum Gasteiger partial charge on any atom is 0.212 e. The largest absolute Gasteiger partial charge is 0.504 e. The Balaban J connectivity index is 1.83. The third-order valence-electron chi connectivity index (χ3n) is 3.67. The van der Waals surface area contributed by atoms with Crippen LogP contribution < -0.4 is 0 Å². The molecular weight excluding hydrogens is 383 g/mol. The van der Waals surface area contributed by atoms with E-state index in [4.69, 9.17) is 23.2 Å². The monoisotopic (exact) mass is 392 g/mol. The number of hydrogen-bond donors (Lipinski definition) is 2. The number of aromatic hydroxyl groups is 2. The van der Waals surface area contributed by atoms with Crippen LogP contribution in [0.25, 0.3) is 11.4 Å². The van der Waals surface area contributed by atoms with Crippen molar-refractivity contribution in [3.05, 3.63) is 52.0 Å². The van der Waals surface area contributed by atoms with Crippen LogP contribution in [-0.4, -0.2) is 36.6 Å². The molecule has 1 aromatic heterocycles. The molecule has 9 heteroatoms. The summed E-state index contributed by atoms with van der Waals surface area (Å²) in [5.41, 5.74) is 2.05. The minimum Gasteiger partial charge on any atom is -0.504 e. The lowest BCUT2D eigenvalue weighted by atomic mass is 10.1. The van der Waals surface area contributed by atoms with Crippen molar-refractivity contribution in [1.29, 1.82) is 0 Å². The molecule has 4 rings (SSSR count). The Morgan fingerprint density at radius 1 is 1.04 bits per heavy atom. The lowest BCUT2D eigenvalue weighted by Crippen LogP contribution is -2.13. The first-order chi connectivity index (χ1) is 12.0. The molecule has 6 nitrogen and oxygen atoms in total. The van der Waals surface area contributed by atoms with Gasteiger partial charge < -0.3 is 10.2 Å². The predicted molar refractivity (Wildman–Crippen MR) is 97.9 cm³/mol. The van der Waals surface area contributed by atoms with Crippen molar-refractivity contribution in [2.45, 2.75) is 5.16 Å². The van der Waals surface area contributed by atoms with Crippen molar-refractivity contribution in [3.63, 3.8) is 0 Å². The third kappa shape index (κ3) is 2.84. The van der Waals surface area contributed by atoms with Crippen LogP contribution in [0.15, 0.2) is 46.7 Å². The van der Waals surface area contributed by atoms with E-state index in [1.54, 1.807) is 28.9 Å². The molecule has 0 bridgehead atoms. The van der Waals surface area contributed by atoms with Crippen LogP contribution in [-0.2, 0) is 0 Å². The Kier molecular flexibility index (Phi) is 4.07. The van der Waals surface area contributed by atoms with Gasteiger partial charge in [-0.3, -0.25) is 0 Å². The highest BCUT2D eigenvalue weighted by atomic mass is 35.5. The number of phenols is 2. The first-order valence-corrected chi connectivity index (χ1v) is 8.91. The predicted octanol–water partition coefficient (Wildman–Crippen LogP) is 4.02. The van der Waals surface area contributed by atoms with E-state index in [0.29, 0.717) is 43.6 Å². The van der Waals surface area contributed by atoms with Crippen molar-refractivity contribution >= 4 is 40.7 Å². The molecule has 0 saturated heterocycles. The Labute approximate surface area is 156 Å². The molecule has 3 aromatic rings. The summed E-state index contributed by atoms with van der Waals surface area (Å²) in [6, 6.07) is 9.86. The van der Waals surface area contributed by atoms with Crippen LogP contribution in [0.5, 0.6) is 11.5 Å². The van der Waals surface area contributed by atoms with E-state index >= 15 is 0 Å². The Hall–Kier alpha value is -2.22. The lowest BCUT2D eigenvalue weighted by Gasteiger charge is -2.14. The zero-order valence-corrected chi connectivity index (χ0v) is 14.8. The van der Waals surface area contributed by atoms with Crippen molar-refractivity contribution in [2.75, 3.05) is 5.75 Å². The normalized spacial score (nSPS) is 13.4. The van der Waals surface area contributed by atoms with E-state index in [9.17, 15) is 10.2 Å². The van der Waals surface area contributed by atoms with Crippen LogP contribution in [0.2, 0.25) is 10.0 Å². The highest BCUT2D eigenvalue weighted by molar-refractivity contribution is 7.99. The van der Waals surface area contributed by atoms with Gasteiger partial charge >= 0.3 is 0 Å². The van der Waals surface area contributed by atoms with E-state index in [1.807, 2.05) is 0 Å². The van der Waals surface area contributed by atoms with Gasteiger partial charge in [-0.25, -0.2) is 0 Å². The van der Waals surface area contributed by atoms with Gasteiger partial charge in [0.2, 0.25) is 5.16 Å². The van der Waals surface area contributed by atoms with Gasteiger partial charge in [0.25, 0.3) is 0 Å². The molecule has 0 atom stereocenters. The van der Waals surface area contributed by atoms with Crippen LogP contribution >= 0.6 is 35.0 Å². The van der Waals surface area contributed by atoms with Gasteiger partial charge in [-0.05, 0) is 30.3 Å². The maximum absolute atomic E-state index is 9.71. The summed E-state index contributed by atoms with van der Waals surface area (Å²) < 4.78 is 1.60. The molecule has 0 saturated carbocycles. The fourth-order valence-corrected chi connectivity index (χ4v) is 3.64. The van der Waals surface area contributed by atoms with E-state index in [1.165, 1.54) is 23.9 Å². The summed E-state index contributed by atoms with van der Waals surface area (Å²) in [6.07, 6.45) is 0. The fraction of sp³-hybridized carbons (Fsp3) is 0.0625. The molecular formula is C16H10Cl2N4O2S. The SMILES string of the molecule is Oc1ccc(C2=Nn3c(nnc3-c3cccc(Cl)c3Cl)SC2)cc1O. The summed E-state index contributed by atoms with van der Waals surface area (Å²) in [7, 11) is 0. The second kappa shape index (κ2) is 6.25. The molecule has 0 spiro atoms.